The van der Waals surface area contributed by atoms with Crippen molar-refractivity contribution in [3.8, 4) is 0 Å². The molecule has 0 aromatic rings. The molecule has 0 aliphatic carbocycles. The van der Waals surface area contributed by atoms with Crippen LogP contribution in [-0.4, -0.2) is 66.5 Å². The van der Waals surface area contributed by atoms with E-state index in [4.69, 9.17) is 23.3 Å². The largest absolute Gasteiger partial charge is 0.472 e. The summed E-state index contributed by atoms with van der Waals surface area (Å²) in [6.45, 7) is 4.45. The molecule has 0 aromatic carbocycles. The van der Waals surface area contributed by atoms with Crippen LogP contribution in [0.2, 0.25) is 0 Å². The first-order valence-corrected chi connectivity index (χ1v) is 27.0. The van der Waals surface area contributed by atoms with Crippen LogP contribution in [-0.2, 0) is 42.2 Å². The third-order valence-corrected chi connectivity index (χ3v) is 11.7. The Kier molecular flexibility index (Phi) is 45.1. The van der Waals surface area contributed by atoms with Crippen LogP contribution < -0.4 is 0 Å². The molecular formula is C52H93O11P. The topological polar surface area (TPSA) is 155 Å². The van der Waals surface area contributed by atoms with Gasteiger partial charge in [0.1, 0.15) is 12.7 Å². The first-order valence-electron chi connectivity index (χ1n) is 25.5. The fourth-order valence-corrected chi connectivity index (χ4v) is 7.61. The minimum absolute atomic E-state index is 0.148. The summed E-state index contributed by atoms with van der Waals surface area (Å²) < 4.78 is 39.3. The summed E-state index contributed by atoms with van der Waals surface area (Å²) in [7, 11) is -4.74. The number of phosphoric ester groups is 1. The zero-order valence-electron chi connectivity index (χ0n) is 40.7. The van der Waals surface area contributed by atoms with Crippen LogP contribution >= 0.6 is 7.82 Å². The fraction of sp³-hybridized carbons (Fsp3) is 0.788. The molecule has 0 heterocycles. The lowest BCUT2D eigenvalue weighted by atomic mass is 10.1. The normalized spacial score (nSPS) is 13.9. The monoisotopic (exact) mass is 925 g/mol. The third kappa shape index (κ3) is 44.6. The van der Waals surface area contributed by atoms with E-state index in [2.05, 4.69) is 69.4 Å². The molecule has 0 amide bonds. The summed E-state index contributed by atoms with van der Waals surface area (Å²) in [5.41, 5.74) is 0. The molecule has 0 bridgehead atoms. The minimum atomic E-state index is -4.74. The second kappa shape index (κ2) is 47.0. The van der Waals surface area contributed by atoms with E-state index in [-0.39, 0.29) is 25.9 Å². The Balaban J connectivity index is 4.77. The Hall–Kier alpha value is -2.56. The summed E-state index contributed by atoms with van der Waals surface area (Å²) in [6, 6.07) is 0. The van der Waals surface area contributed by atoms with Crippen molar-refractivity contribution < 1.29 is 52.2 Å². The molecule has 0 rings (SSSR count). The van der Waals surface area contributed by atoms with Crippen LogP contribution in [0.15, 0.2) is 48.6 Å². The summed E-state index contributed by atoms with van der Waals surface area (Å²) in [4.78, 5) is 48.2. The molecule has 3 atom stereocenters. The van der Waals surface area contributed by atoms with E-state index in [0.717, 1.165) is 109 Å². The van der Waals surface area contributed by atoms with E-state index >= 15 is 0 Å². The number of unbranched alkanes of at least 4 members (excludes halogenated alkanes) is 22. The average molecular weight is 925 g/mol. The second-order valence-corrected chi connectivity index (χ2v) is 18.4. The van der Waals surface area contributed by atoms with Gasteiger partial charge in [0.15, 0.2) is 6.10 Å². The number of phosphoric acid groups is 1. The van der Waals surface area contributed by atoms with E-state index < -0.39 is 57.8 Å². The number of esters is 3. The molecule has 0 saturated carbocycles. The van der Waals surface area contributed by atoms with Gasteiger partial charge in [-0.1, -0.05) is 185 Å². The Bertz CT molecular complexity index is 1260. The minimum Gasteiger partial charge on any atom is -0.462 e. The summed E-state index contributed by atoms with van der Waals surface area (Å²) in [6.07, 6.45) is 46.5. The van der Waals surface area contributed by atoms with Crippen molar-refractivity contribution in [2.45, 2.75) is 238 Å². The van der Waals surface area contributed by atoms with E-state index in [1.165, 1.54) is 57.8 Å². The standard InChI is InChI=1S/C52H93O11P/c1-4-7-10-13-16-19-22-23-24-25-28-31-34-37-40-43-52(56)63-49(45-59-50(54)41-38-35-32-29-26-20-17-14-11-8-5-2)47-61-64(57,58)60-46-48(44-53)62-51(55)42-39-36-33-30-27-21-18-15-12-9-6-3/h7,10,14,16-17,19,23-24,48-49,53H,4-6,8-9,11-13,15,18,20-22,25-47H2,1-3H3,(H,57,58)/b10-7-,17-14-,19-16-,24-23-. The van der Waals surface area contributed by atoms with Gasteiger partial charge >= 0.3 is 25.7 Å². The first kappa shape index (κ1) is 61.4. The van der Waals surface area contributed by atoms with Gasteiger partial charge in [0.25, 0.3) is 0 Å². The van der Waals surface area contributed by atoms with Gasteiger partial charge in [0.05, 0.1) is 19.8 Å². The number of hydrogen-bond acceptors (Lipinski definition) is 10. The van der Waals surface area contributed by atoms with Crippen LogP contribution in [0.25, 0.3) is 0 Å². The summed E-state index contributed by atoms with van der Waals surface area (Å²) >= 11 is 0. The van der Waals surface area contributed by atoms with Gasteiger partial charge in [0.2, 0.25) is 0 Å². The van der Waals surface area contributed by atoms with E-state index in [1.54, 1.807) is 0 Å². The average Bonchev–Trinajstić information content (AvgIpc) is 3.28. The number of ether oxygens (including phenoxy) is 3. The van der Waals surface area contributed by atoms with Gasteiger partial charge in [-0.05, 0) is 70.6 Å². The van der Waals surface area contributed by atoms with Crippen LogP contribution in [0.4, 0.5) is 0 Å². The maximum Gasteiger partial charge on any atom is 0.472 e. The molecule has 12 heteroatoms. The molecule has 2 N–H and O–H groups in total. The maximum absolute atomic E-state index is 12.8. The first-order chi connectivity index (χ1) is 31.2. The van der Waals surface area contributed by atoms with Gasteiger partial charge in [-0.2, -0.15) is 0 Å². The number of hydrogen-bond donors (Lipinski definition) is 2. The molecule has 0 fully saturated rings. The number of aliphatic hydroxyl groups excluding tert-OH is 1. The van der Waals surface area contributed by atoms with Gasteiger partial charge in [-0.15, -0.1) is 0 Å². The van der Waals surface area contributed by atoms with Gasteiger partial charge in [-0.3, -0.25) is 23.4 Å². The number of carbonyl (C=O) groups excluding carboxylic acids is 3. The molecule has 0 aromatic heterocycles. The maximum atomic E-state index is 12.8. The van der Waals surface area contributed by atoms with Crippen LogP contribution in [0.3, 0.4) is 0 Å². The van der Waals surface area contributed by atoms with E-state index in [0.29, 0.717) is 19.3 Å². The number of allylic oxidation sites excluding steroid dienone is 8. The highest BCUT2D eigenvalue weighted by Gasteiger charge is 2.28. The van der Waals surface area contributed by atoms with Crippen LogP contribution in [0, 0.1) is 0 Å². The Labute approximate surface area is 390 Å². The molecule has 0 aliphatic heterocycles. The van der Waals surface area contributed by atoms with Crippen molar-refractivity contribution >= 4 is 25.7 Å². The van der Waals surface area contributed by atoms with Gasteiger partial charge < -0.3 is 24.2 Å². The van der Waals surface area contributed by atoms with Crippen molar-refractivity contribution in [2.75, 3.05) is 26.4 Å². The lowest BCUT2D eigenvalue weighted by molar-refractivity contribution is -0.161. The molecule has 64 heavy (non-hydrogen) atoms. The number of aliphatic hydroxyl groups is 1. The third-order valence-electron chi connectivity index (χ3n) is 10.7. The molecular weight excluding hydrogens is 832 g/mol. The zero-order valence-corrected chi connectivity index (χ0v) is 41.6. The highest BCUT2D eigenvalue weighted by Crippen LogP contribution is 2.43. The quantitative estimate of drug-likeness (QED) is 0.0197. The van der Waals surface area contributed by atoms with Crippen molar-refractivity contribution in [3.05, 3.63) is 48.6 Å². The lowest BCUT2D eigenvalue weighted by Crippen LogP contribution is -2.30. The highest BCUT2D eigenvalue weighted by atomic mass is 31.2. The van der Waals surface area contributed by atoms with Gasteiger partial charge in [0, 0.05) is 19.3 Å². The van der Waals surface area contributed by atoms with Crippen molar-refractivity contribution in [3.63, 3.8) is 0 Å². The Morgan fingerprint density at radius 3 is 1.31 bits per heavy atom. The van der Waals surface area contributed by atoms with E-state index in [9.17, 15) is 28.9 Å². The molecule has 0 saturated heterocycles. The SMILES string of the molecule is CC/C=C\C/C=C\C/C=C\CCCCCCCC(=O)OC(COC(=O)CCCCCCC/C=C\CCCC)COP(=O)(O)OCC(CO)OC(=O)CCCCCCCCCCCCC. The van der Waals surface area contributed by atoms with Crippen LogP contribution in [0.5, 0.6) is 0 Å². The Morgan fingerprint density at radius 1 is 0.453 bits per heavy atom. The lowest BCUT2D eigenvalue weighted by Gasteiger charge is -2.21. The smallest absolute Gasteiger partial charge is 0.462 e. The van der Waals surface area contributed by atoms with Crippen molar-refractivity contribution in [1.29, 1.82) is 0 Å². The fourth-order valence-electron chi connectivity index (χ4n) is 6.82. The van der Waals surface area contributed by atoms with E-state index in [1.807, 2.05) is 0 Å². The molecule has 0 radical (unpaired) electrons. The zero-order chi connectivity index (χ0) is 47.0. The molecule has 3 unspecified atom stereocenters. The predicted molar refractivity (Wildman–Crippen MR) is 261 cm³/mol. The molecule has 0 aliphatic rings. The van der Waals surface area contributed by atoms with Crippen molar-refractivity contribution in [1.82, 2.24) is 0 Å². The molecule has 11 nitrogen and oxygen atoms in total. The van der Waals surface area contributed by atoms with Crippen molar-refractivity contribution in [2.24, 2.45) is 0 Å². The predicted octanol–water partition coefficient (Wildman–Crippen LogP) is 14.2. The summed E-state index contributed by atoms with van der Waals surface area (Å²) in [5, 5.41) is 9.75. The molecule has 0 spiro atoms. The molecule has 372 valence electrons. The summed E-state index contributed by atoms with van der Waals surface area (Å²) in [5.74, 6) is -1.49. The number of rotatable bonds is 47. The van der Waals surface area contributed by atoms with Crippen LogP contribution in [0.1, 0.15) is 226 Å². The highest BCUT2D eigenvalue weighted by molar-refractivity contribution is 7.47. The van der Waals surface area contributed by atoms with Gasteiger partial charge in [-0.25, -0.2) is 4.57 Å². The Morgan fingerprint density at radius 2 is 0.828 bits per heavy atom. The number of carbonyl (C=O) groups is 3. The second-order valence-electron chi connectivity index (χ2n) is 17.0.